The highest BCUT2D eigenvalue weighted by Gasteiger charge is 2.52. The molecule has 0 aliphatic carbocycles. The van der Waals surface area contributed by atoms with Crippen LogP contribution in [0.2, 0.25) is 0 Å². The Kier molecular flexibility index (Phi) is 8.45. The van der Waals surface area contributed by atoms with Gasteiger partial charge in [-0.1, -0.05) is 19.9 Å². The molecule has 9 heteroatoms. The van der Waals surface area contributed by atoms with Crippen LogP contribution in [-0.4, -0.2) is 33.0 Å². The zero-order valence-corrected chi connectivity index (χ0v) is 17.0. The van der Waals surface area contributed by atoms with Gasteiger partial charge in [0.2, 0.25) is 10.0 Å². The van der Waals surface area contributed by atoms with Gasteiger partial charge in [-0.2, -0.15) is 12.6 Å². The third-order valence-corrected chi connectivity index (χ3v) is 4.72. The molecule has 5 nitrogen and oxygen atoms in total. The van der Waals surface area contributed by atoms with E-state index in [0.717, 1.165) is 6.07 Å². The summed E-state index contributed by atoms with van der Waals surface area (Å²) in [6.07, 6.45) is 1.69. The van der Waals surface area contributed by atoms with Gasteiger partial charge in [-0.05, 0) is 46.1 Å². The molecule has 0 amide bonds. The van der Waals surface area contributed by atoms with Gasteiger partial charge in [0.15, 0.2) is 0 Å². The second kappa shape index (κ2) is 8.67. The van der Waals surface area contributed by atoms with Crippen molar-refractivity contribution in [2.24, 2.45) is 5.14 Å². The molecule has 1 fully saturated rings. The molecule has 1 aromatic rings. The van der Waals surface area contributed by atoms with Crippen LogP contribution in [0.25, 0.3) is 0 Å². The average molecular weight is 379 g/mol. The molecule has 1 aromatic carbocycles. The Bertz CT molecular complexity index is 635. The number of hydrogen-bond acceptors (Lipinski definition) is 5. The monoisotopic (exact) mass is 379 g/mol. The van der Waals surface area contributed by atoms with Gasteiger partial charge in [-0.25, -0.2) is 17.9 Å². The van der Waals surface area contributed by atoms with Crippen LogP contribution >= 0.6 is 12.6 Å². The van der Waals surface area contributed by atoms with Gasteiger partial charge < -0.3 is 9.31 Å². The maximum Gasteiger partial charge on any atom is 0.497 e. The lowest BCUT2D eigenvalue weighted by molar-refractivity contribution is 0.00578. The van der Waals surface area contributed by atoms with Gasteiger partial charge in [0, 0.05) is 5.46 Å². The Balaban J connectivity index is 0.00000123. The van der Waals surface area contributed by atoms with Crippen molar-refractivity contribution in [2.75, 3.05) is 6.26 Å². The zero-order chi connectivity index (χ0) is 19.3. The van der Waals surface area contributed by atoms with Gasteiger partial charge in [0.05, 0.1) is 16.1 Å². The molecule has 0 unspecified atom stereocenters. The summed E-state index contributed by atoms with van der Waals surface area (Å²) < 4.78 is 47.8. The summed E-state index contributed by atoms with van der Waals surface area (Å²) >= 11 is 3.53. The minimum absolute atomic E-state index is 0.149. The minimum Gasteiger partial charge on any atom is -0.399 e. The number of sulfonamides is 1. The average Bonchev–Trinajstić information content (AvgIpc) is 2.70. The van der Waals surface area contributed by atoms with Crippen molar-refractivity contribution < 1.29 is 22.1 Å². The van der Waals surface area contributed by atoms with E-state index >= 15 is 0 Å². The molecule has 0 bridgehead atoms. The van der Waals surface area contributed by atoms with Gasteiger partial charge in [0.1, 0.15) is 5.82 Å². The third kappa shape index (κ3) is 5.19. The number of hydrogen-bond donors (Lipinski definition) is 2. The second-order valence-electron chi connectivity index (χ2n) is 5.82. The standard InChI is InChI=1S/C12H17BFNO4S.C2H6.CH4S/c1-11(2)12(3,4)19-13(18-11)9-6-5-8(7-10(9)14)20(15,16)17;2*1-2/h5-7H,1-4H3,(H2,15,16,17);1-2H3;2H,1H3. The fourth-order valence-electron chi connectivity index (χ4n) is 1.85. The maximum absolute atomic E-state index is 14.1. The van der Waals surface area contributed by atoms with Gasteiger partial charge in [-0.15, -0.1) is 0 Å². The maximum atomic E-state index is 14.1. The molecular weight excluding hydrogens is 352 g/mol. The fourth-order valence-corrected chi connectivity index (χ4v) is 2.37. The van der Waals surface area contributed by atoms with Gasteiger partial charge >= 0.3 is 7.12 Å². The highest BCUT2D eigenvalue weighted by atomic mass is 32.2. The van der Waals surface area contributed by atoms with Crippen LogP contribution in [0.3, 0.4) is 0 Å². The van der Waals surface area contributed by atoms with Gasteiger partial charge in [-0.3, -0.25) is 0 Å². The van der Waals surface area contributed by atoms with E-state index in [-0.39, 0.29) is 10.4 Å². The molecule has 1 saturated heterocycles. The topological polar surface area (TPSA) is 78.6 Å². The number of halogens is 1. The van der Waals surface area contributed by atoms with Crippen molar-refractivity contribution >= 4 is 35.2 Å². The highest BCUT2D eigenvalue weighted by molar-refractivity contribution is 7.89. The normalized spacial score (nSPS) is 18.2. The molecule has 1 heterocycles. The zero-order valence-electron chi connectivity index (χ0n) is 15.3. The second-order valence-corrected chi connectivity index (χ2v) is 7.38. The molecule has 0 radical (unpaired) electrons. The first-order chi connectivity index (χ1) is 10.9. The molecule has 0 atom stereocenters. The molecule has 2 N–H and O–H groups in total. The molecule has 0 aromatic heterocycles. The lowest BCUT2D eigenvalue weighted by Gasteiger charge is -2.32. The van der Waals surface area contributed by atoms with Crippen molar-refractivity contribution in [3.8, 4) is 0 Å². The lowest BCUT2D eigenvalue weighted by atomic mass is 9.79. The predicted octanol–water partition coefficient (Wildman–Crippen LogP) is 2.34. The summed E-state index contributed by atoms with van der Waals surface area (Å²) in [5.41, 5.74) is -1.04. The van der Waals surface area contributed by atoms with E-state index in [4.69, 9.17) is 14.4 Å². The van der Waals surface area contributed by atoms with Crippen LogP contribution in [0.4, 0.5) is 4.39 Å². The van der Waals surface area contributed by atoms with Crippen molar-refractivity contribution in [3.63, 3.8) is 0 Å². The van der Waals surface area contributed by atoms with Crippen LogP contribution < -0.4 is 10.6 Å². The highest BCUT2D eigenvalue weighted by Crippen LogP contribution is 2.36. The van der Waals surface area contributed by atoms with E-state index in [1.807, 2.05) is 41.5 Å². The van der Waals surface area contributed by atoms with E-state index in [1.54, 1.807) is 6.26 Å². The van der Waals surface area contributed by atoms with Crippen LogP contribution in [-0.2, 0) is 19.3 Å². The summed E-state index contributed by atoms with van der Waals surface area (Å²) in [5.74, 6) is -0.727. The molecule has 2 rings (SSSR count). The lowest BCUT2D eigenvalue weighted by Crippen LogP contribution is -2.41. The summed E-state index contributed by atoms with van der Waals surface area (Å²) in [5, 5.41) is 4.96. The summed E-state index contributed by atoms with van der Waals surface area (Å²) in [6, 6.07) is 3.42. The largest absolute Gasteiger partial charge is 0.497 e. The fraction of sp³-hybridized carbons (Fsp3) is 0.600. The smallest absolute Gasteiger partial charge is 0.399 e. The predicted molar refractivity (Wildman–Crippen MR) is 99.7 cm³/mol. The Morgan fingerprint density at radius 2 is 1.50 bits per heavy atom. The molecule has 138 valence electrons. The van der Waals surface area contributed by atoms with E-state index < -0.39 is 34.2 Å². The van der Waals surface area contributed by atoms with E-state index in [9.17, 15) is 12.8 Å². The first-order valence-corrected chi connectivity index (χ1v) is 10.0. The van der Waals surface area contributed by atoms with E-state index in [1.165, 1.54) is 12.1 Å². The van der Waals surface area contributed by atoms with Crippen LogP contribution in [0, 0.1) is 5.82 Å². The Morgan fingerprint density at radius 1 is 1.08 bits per heavy atom. The molecule has 0 spiro atoms. The molecule has 1 aliphatic rings. The molecule has 1 aliphatic heterocycles. The van der Waals surface area contributed by atoms with Crippen molar-refractivity contribution in [1.29, 1.82) is 0 Å². The number of primary sulfonamides is 1. The first kappa shape index (κ1) is 23.4. The Hall–Kier alpha value is -0.605. The van der Waals surface area contributed by atoms with Crippen LogP contribution in [0.15, 0.2) is 23.1 Å². The van der Waals surface area contributed by atoms with Crippen LogP contribution in [0.1, 0.15) is 41.5 Å². The first-order valence-electron chi connectivity index (χ1n) is 7.57. The molecular formula is C15H27BFNO4S2. The van der Waals surface area contributed by atoms with Crippen molar-refractivity contribution in [1.82, 2.24) is 0 Å². The third-order valence-electron chi connectivity index (χ3n) is 3.81. The number of rotatable bonds is 2. The van der Waals surface area contributed by atoms with Crippen molar-refractivity contribution in [3.05, 3.63) is 24.0 Å². The van der Waals surface area contributed by atoms with Crippen molar-refractivity contribution in [2.45, 2.75) is 57.6 Å². The molecule has 0 saturated carbocycles. The SMILES string of the molecule is CC.CC1(C)OB(c2ccc(S(N)(=O)=O)cc2F)OC1(C)C.CS. The summed E-state index contributed by atoms with van der Waals surface area (Å²) in [4.78, 5) is -0.282. The van der Waals surface area contributed by atoms with E-state index in [0.29, 0.717) is 0 Å². The Labute approximate surface area is 150 Å². The summed E-state index contributed by atoms with van der Waals surface area (Å²) in [7, 11) is -4.81. The van der Waals surface area contributed by atoms with E-state index in [2.05, 4.69) is 12.6 Å². The van der Waals surface area contributed by atoms with Crippen LogP contribution in [0.5, 0.6) is 0 Å². The number of nitrogens with two attached hydrogens (primary N) is 1. The Morgan fingerprint density at radius 3 is 1.83 bits per heavy atom. The minimum atomic E-state index is -3.93. The summed E-state index contributed by atoms with van der Waals surface area (Å²) in [6.45, 7) is 11.4. The number of thiol groups is 1. The quantitative estimate of drug-likeness (QED) is 0.611. The van der Waals surface area contributed by atoms with Gasteiger partial charge in [0.25, 0.3) is 0 Å². The number of benzene rings is 1. The molecule has 24 heavy (non-hydrogen) atoms.